The average molecular weight is 403 g/mol. The Bertz CT molecular complexity index is 842. The van der Waals surface area contributed by atoms with E-state index >= 15 is 0 Å². The number of hydrogen-bond acceptors (Lipinski definition) is 3. The highest BCUT2D eigenvalue weighted by atomic mass is 35.5. The Morgan fingerprint density at radius 3 is 2.43 bits per heavy atom. The quantitative estimate of drug-likeness (QED) is 0.806. The standard InChI is InChI=1S/C21H27ClN4O2/c1-14(2)18(21(28)25-11-7-8-12-25)23-20(27)17-15(3)24-26(19(17)22)13-16-9-5-4-6-10-16/h4-6,9-10,14,18H,7-8,11-13H2,1-3H3,(H,23,27)/t18-/m0/s1. The van der Waals surface area contributed by atoms with Crippen molar-refractivity contribution in [3.63, 3.8) is 0 Å². The highest BCUT2D eigenvalue weighted by Gasteiger charge is 2.32. The molecule has 2 heterocycles. The number of likely N-dealkylation sites (tertiary alicyclic amines) is 1. The fourth-order valence-corrected chi connectivity index (χ4v) is 3.85. The van der Waals surface area contributed by atoms with Crippen molar-refractivity contribution in [2.45, 2.75) is 46.2 Å². The maximum absolute atomic E-state index is 13.0. The summed E-state index contributed by atoms with van der Waals surface area (Å²) in [6.45, 7) is 7.63. The summed E-state index contributed by atoms with van der Waals surface area (Å²) in [7, 11) is 0. The van der Waals surface area contributed by atoms with E-state index in [1.54, 1.807) is 11.6 Å². The molecule has 1 aromatic heterocycles. The van der Waals surface area contributed by atoms with Gasteiger partial charge in [-0.3, -0.25) is 9.59 Å². The Labute approximate surface area is 170 Å². The topological polar surface area (TPSA) is 67.2 Å². The van der Waals surface area contributed by atoms with Gasteiger partial charge in [-0.2, -0.15) is 5.10 Å². The SMILES string of the molecule is Cc1nn(Cc2ccccc2)c(Cl)c1C(=O)N[C@H](C(=O)N1CCCC1)C(C)C. The molecular formula is C21H27ClN4O2. The normalized spacial score (nSPS) is 15.1. The predicted octanol–water partition coefficient (Wildman–Crippen LogP) is 3.27. The third kappa shape index (κ3) is 4.38. The van der Waals surface area contributed by atoms with Crippen LogP contribution in [-0.2, 0) is 11.3 Å². The lowest BCUT2D eigenvalue weighted by molar-refractivity contribution is -0.133. The molecule has 1 aliphatic heterocycles. The molecule has 1 fully saturated rings. The van der Waals surface area contributed by atoms with E-state index in [0.29, 0.717) is 17.8 Å². The van der Waals surface area contributed by atoms with Crippen molar-refractivity contribution in [1.29, 1.82) is 0 Å². The molecule has 7 heteroatoms. The molecule has 1 aromatic carbocycles. The summed E-state index contributed by atoms with van der Waals surface area (Å²) in [5.74, 6) is -0.394. The Kier molecular flexibility index (Phi) is 6.39. The lowest BCUT2D eigenvalue weighted by atomic mass is 10.0. The first-order chi connectivity index (χ1) is 13.4. The third-order valence-electron chi connectivity index (χ3n) is 5.10. The highest BCUT2D eigenvalue weighted by molar-refractivity contribution is 6.33. The number of benzene rings is 1. The Hall–Kier alpha value is -2.34. The van der Waals surface area contributed by atoms with Gasteiger partial charge >= 0.3 is 0 Å². The number of halogens is 1. The molecule has 0 unspecified atom stereocenters. The predicted molar refractivity (Wildman–Crippen MR) is 109 cm³/mol. The van der Waals surface area contributed by atoms with Crippen LogP contribution in [0.1, 0.15) is 48.3 Å². The van der Waals surface area contributed by atoms with Gasteiger partial charge in [-0.25, -0.2) is 4.68 Å². The van der Waals surface area contributed by atoms with Crippen LogP contribution in [0.2, 0.25) is 5.15 Å². The summed E-state index contributed by atoms with van der Waals surface area (Å²) >= 11 is 6.49. The lowest BCUT2D eigenvalue weighted by Gasteiger charge is -2.26. The third-order valence-corrected chi connectivity index (χ3v) is 5.49. The largest absolute Gasteiger partial charge is 0.341 e. The van der Waals surface area contributed by atoms with Gasteiger partial charge in [0.2, 0.25) is 5.91 Å². The summed E-state index contributed by atoms with van der Waals surface area (Å²) in [4.78, 5) is 27.6. The van der Waals surface area contributed by atoms with Crippen molar-refractivity contribution in [1.82, 2.24) is 20.0 Å². The van der Waals surface area contributed by atoms with Gasteiger partial charge in [0, 0.05) is 13.1 Å². The van der Waals surface area contributed by atoms with Crippen LogP contribution in [0.4, 0.5) is 0 Å². The van der Waals surface area contributed by atoms with Crippen molar-refractivity contribution in [2.24, 2.45) is 5.92 Å². The van der Waals surface area contributed by atoms with Crippen LogP contribution < -0.4 is 5.32 Å². The van der Waals surface area contributed by atoms with Crippen LogP contribution in [0, 0.1) is 12.8 Å². The minimum Gasteiger partial charge on any atom is -0.341 e. The molecule has 1 aliphatic rings. The first kappa shape index (κ1) is 20.4. The number of carbonyl (C=O) groups is 2. The van der Waals surface area contributed by atoms with Gasteiger partial charge < -0.3 is 10.2 Å². The summed E-state index contributed by atoms with van der Waals surface area (Å²) in [6.07, 6.45) is 2.03. The fourth-order valence-electron chi connectivity index (χ4n) is 3.53. The van der Waals surface area contributed by atoms with Gasteiger partial charge in [-0.1, -0.05) is 55.8 Å². The monoisotopic (exact) mass is 402 g/mol. The number of amides is 2. The second-order valence-corrected chi connectivity index (χ2v) is 7.98. The summed E-state index contributed by atoms with van der Waals surface area (Å²) in [5.41, 5.74) is 1.93. The molecule has 1 atom stereocenters. The van der Waals surface area contributed by atoms with Crippen molar-refractivity contribution >= 4 is 23.4 Å². The maximum Gasteiger partial charge on any atom is 0.256 e. The molecule has 150 valence electrons. The smallest absolute Gasteiger partial charge is 0.256 e. The lowest BCUT2D eigenvalue weighted by Crippen LogP contribution is -2.50. The van der Waals surface area contributed by atoms with Gasteiger partial charge in [-0.05, 0) is 31.2 Å². The maximum atomic E-state index is 13.0. The Morgan fingerprint density at radius 2 is 1.82 bits per heavy atom. The molecule has 1 saturated heterocycles. The van der Waals surface area contributed by atoms with E-state index < -0.39 is 6.04 Å². The minimum absolute atomic E-state index is 0.0181. The number of hydrogen-bond donors (Lipinski definition) is 1. The van der Waals surface area contributed by atoms with Crippen LogP contribution in [0.15, 0.2) is 30.3 Å². The van der Waals surface area contributed by atoms with Crippen molar-refractivity contribution in [2.75, 3.05) is 13.1 Å². The second-order valence-electron chi connectivity index (χ2n) is 7.62. The number of nitrogens with one attached hydrogen (secondary N) is 1. The minimum atomic E-state index is -0.571. The highest BCUT2D eigenvalue weighted by Crippen LogP contribution is 2.22. The van der Waals surface area contributed by atoms with Crippen LogP contribution >= 0.6 is 11.6 Å². The van der Waals surface area contributed by atoms with E-state index in [2.05, 4.69) is 10.4 Å². The Morgan fingerprint density at radius 1 is 1.18 bits per heavy atom. The zero-order chi connectivity index (χ0) is 20.3. The molecular weight excluding hydrogens is 376 g/mol. The molecule has 6 nitrogen and oxygen atoms in total. The molecule has 28 heavy (non-hydrogen) atoms. The molecule has 0 radical (unpaired) electrons. The first-order valence-corrected chi connectivity index (χ1v) is 10.1. The van der Waals surface area contributed by atoms with E-state index in [1.165, 1.54) is 0 Å². The van der Waals surface area contributed by atoms with Gasteiger partial charge in [-0.15, -0.1) is 0 Å². The zero-order valence-corrected chi connectivity index (χ0v) is 17.4. The summed E-state index contributed by atoms with van der Waals surface area (Å²) in [5, 5.41) is 7.62. The van der Waals surface area contributed by atoms with Crippen LogP contribution in [0.5, 0.6) is 0 Å². The van der Waals surface area contributed by atoms with Crippen molar-refractivity contribution in [3.8, 4) is 0 Å². The number of rotatable bonds is 6. The van der Waals surface area contributed by atoms with E-state index in [0.717, 1.165) is 31.5 Å². The van der Waals surface area contributed by atoms with Crippen LogP contribution in [0.3, 0.4) is 0 Å². The van der Waals surface area contributed by atoms with Gasteiger partial charge in [0.25, 0.3) is 5.91 Å². The van der Waals surface area contributed by atoms with Crippen LogP contribution in [-0.4, -0.2) is 45.6 Å². The molecule has 2 amide bonds. The zero-order valence-electron chi connectivity index (χ0n) is 16.6. The van der Waals surface area contributed by atoms with E-state index in [1.807, 2.05) is 49.1 Å². The summed E-state index contributed by atoms with van der Waals surface area (Å²) < 4.78 is 1.62. The number of carbonyl (C=O) groups excluding carboxylic acids is 2. The first-order valence-electron chi connectivity index (χ1n) is 9.75. The van der Waals surface area contributed by atoms with E-state index in [-0.39, 0.29) is 22.9 Å². The van der Waals surface area contributed by atoms with Crippen molar-refractivity contribution in [3.05, 3.63) is 52.3 Å². The second kappa shape index (κ2) is 8.78. The van der Waals surface area contributed by atoms with Gasteiger partial charge in [0.05, 0.1) is 17.8 Å². The average Bonchev–Trinajstić information content (AvgIpc) is 3.28. The van der Waals surface area contributed by atoms with Crippen LogP contribution in [0.25, 0.3) is 0 Å². The Balaban J connectivity index is 1.78. The molecule has 0 aliphatic carbocycles. The molecule has 3 rings (SSSR count). The summed E-state index contributed by atoms with van der Waals surface area (Å²) in [6, 6.07) is 9.24. The number of nitrogens with zero attached hydrogens (tertiary/aromatic N) is 3. The fraction of sp³-hybridized carbons (Fsp3) is 0.476. The molecule has 1 N–H and O–H groups in total. The molecule has 0 saturated carbocycles. The number of aromatic nitrogens is 2. The molecule has 0 bridgehead atoms. The molecule has 0 spiro atoms. The van der Waals surface area contributed by atoms with Crippen molar-refractivity contribution < 1.29 is 9.59 Å². The number of aryl methyl sites for hydroxylation is 1. The van der Waals surface area contributed by atoms with Gasteiger partial charge in [0.15, 0.2) is 0 Å². The van der Waals surface area contributed by atoms with Gasteiger partial charge in [0.1, 0.15) is 11.2 Å². The van der Waals surface area contributed by atoms with E-state index in [4.69, 9.17) is 11.6 Å². The van der Waals surface area contributed by atoms with E-state index in [9.17, 15) is 9.59 Å². The molecule has 2 aromatic rings.